The molecule has 0 fully saturated rings. The molecule has 0 bridgehead atoms. The summed E-state index contributed by atoms with van der Waals surface area (Å²) in [6.45, 7) is 6.54. The summed E-state index contributed by atoms with van der Waals surface area (Å²) in [4.78, 5) is 12.1. The standard InChI is InChI=1S/C23H20N2O5S/c1-12(2)16-9-17-15(8-21(26)29-19(17)6-13(16)3)10-31-23-25-24-22(30-23)14-4-5-18-20(7-14)28-11-27-18/h4-9,12H,10-11H2,1-3H3. The topological polar surface area (TPSA) is 87.6 Å². The quantitative estimate of drug-likeness (QED) is 0.308. The number of aryl methyl sites for hydroxylation is 1. The Balaban J connectivity index is 1.41. The van der Waals surface area contributed by atoms with Crippen molar-refractivity contribution in [2.24, 2.45) is 0 Å². The minimum atomic E-state index is -0.369. The third kappa shape index (κ3) is 3.79. The summed E-state index contributed by atoms with van der Waals surface area (Å²) in [5, 5.41) is 9.62. The van der Waals surface area contributed by atoms with Gasteiger partial charge in [-0.25, -0.2) is 4.79 Å². The number of thioether (sulfide) groups is 1. The van der Waals surface area contributed by atoms with E-state index < -0.39 is 0 Å². The van der Waals surface area contributed by atoms with Gasteiger partial charge in [0, 0.05) is 22.8 Å². The molecule has 1 aliphatic rings. The van der Waals surface area contributed by atoms with Crippen LogP contribution in [0.2, 0.25) is 0 Å². The SMILES string of the molecule is Cc1cc2oc(=O)cc(CSc3nnc(-c4ccc5c(c4)OCO5)o3)c2cc1C(C)C. The van der Waals surface area contributed by atoms with Gasteiger partial charge in [0.1, 0.15) is 5.58 Å². The maximum atomic E-state index is 12.1. The van der Waals surface area contributed by atoms with Gasteiger partial charge in [-0.15, -0.1) is 10.2 Å². The average Bonchev–Trinajstić information content (AvgIpc) is 3.40. The first-order valence-electron chi connectivity index (χ1n) is 9.91. The van der Waals surface area contributed by atoms with Crippen LogP contribution < -0.4 is 15.1 Å². The van der Waals surface area contributed by atoms with Crippen molar-refractivity contribution in [1.29, 1.82) is 0 Å². The minimum absolute atomic E-state index is 0.209. The smallest absolute Gasteiger partial charge is 0.336 e. The second-order valence-electron chi connectivity index (χ2n) is 7.68. The lowest BCUT2D eigenvalue weighted by molar-refractivity contribution is 0.174. The van der Waals surface area contributed by atoms with E-state index >= 15 is 0 Å². The number of hydrogen-bond acceptors (Lipinski definition) is 8. The van der Waals surface area contributed by atoms with Crippen molar-refractivity contribution in [3.05, 3.63) is 63.5 Å². The van der Waals surface area contributed by atoms with Crippen molar-refractivity contribution < 1.29 is 18.3 Å². The Morgan fingerprint density at radius 1 is 1.03 bits per heavy atom. The second kappa shape index (κ2) is 7.77. The van der Waals surface area contributed by atoms with Crippen molar-refractivity contribution in [2.45, 2.75) is 37.7 Å². The van der Waals surface area contributed by atoms with Gasteiger partial charge >= 0.3 is 5.63 Å². The van der Waals surface area contributed by atoms with Gasteiger partial charge in [-0.1, -0.05) is 25.6 Å². The zero-order valence-corrected chi connectivity index (χ0v) is 18.1. The Labute approximate surface area is 182 Å². The van der Waals surface area contributed by atoms with Crippen LogP contribution in [0.15, 0.2) is 55.2 Å². The normalized spacial score (nSPS) is 12.8. The number of aromatic nitrogens is 2. The van der Waals surface area contributed by atoms with E-state index in [9.17, 15) is 4.79 Å². The number of hydrogen-bond donors (Lipinski definition) is 0. The molecule has 8 heteroatoms. The van der Waals surface area contributed by atoms with Gasteiger partial charge in [-0.2, -0.15) is 0 Å². The zero-order valence-electron chi connectivity index (χ0n) is 17.3. The molecule has 7 nitrogen and oxygen atoms in total. The van der Waals surface area contributed by atoms with E-state index in [-0.39, 0.29) is 12.4 Å². The molecule has 0 saturated carbocycles. The van der Waals surface area contributed by atoms with E-state index in [0.29, 0.717) is 39.9 Å². The largest absolute Gasteiger partial charge is 0.454 e. The Bertz CT molecular complexity index is 1340. The first-order valence-corrected chi connectivity index (χ1v) is 10.9. The predicted molar refractivity (Wildman–Crippen MR) is 117 cm³/mol. The molecule has 4 aromatic rings. The van der Waals surface area contributed by atoms with Crippen LogP contribution in [0.5, 0.6) is 11.5 Å². The molecule has 5 rings (SSSR count). The Kier molecular flexibility index (Phi) is 4.94. The lowest BCUT2D eigenvalue weighted by Gasteiger charge is -2.12. The van der Waals surface area contributed by atoms with Gasteiger partial charge in [0.25, 0.3) is 5.22 Å². The zero-order chi connectivity index (χ0) is 21.5. The molecule has 0 amide bonds. The summed E-state index contributed by atoms with van der Waals surface area (Å²) < 4.78 is 22.0. The van der Waals surface area contributed by atoms with Gasteiger partial charge in [-0.05, 0) is 59.9 Å². The number of nitrogens with zero attached hydrogens (tertiary/aromatic N) is 2. The molecule has 1 aliphatic heterocycles. The molecule has 0 N–H and O–H groups in total. The van der Waals surface area contributed by atoms with Gasteiger partial charge in [-0.3, -0.25) is 0 Å². The van der Waals surface area contributed by atoms with Crippen LogP contribution >= 0.6 is 11.8 Å². The van der Waals surface area contributed by atoms with E-state index in [4.69, 9.17) is 18.3 Å². The molecular weight excluding hydrogens is 416 g/mol. The third-order valence-corrected chi connectivity index (χ3v) is 6.08. The molecule has 0 spiro atoms. The fraction of sp³-hybridized carbons (Fsp3) is 0.261. The molecule has 0 saturated heterocycles. The molecule has 2 aromatic heterocycles. The fourth-order valence-corrected chi connectivity index (χ4v) is 4.44. The highest BCUT2D eigenvalue weighted by Crippen LogP contribution is 2.36. The first kappa shape index (κ1) is 19.7. The second-order valence-corrected chi connectivity index (χ2v) is 8.61. The Hall–Kier alpha value is -3.26. The summed E-state index contributed by atoms with van der Waals surface area (Å²) in [5.74, 6) is 2.63. The molecule has 0 aliphatic carbocycles. The van der Waals surface area contributed by atoms with Crippen molar-refractivity contribution in [2.75, 3.05) is 6.79 Å². The van der Waals surface area contributed by atoms with Crippen LogP contribution in [-0.4, -0.2) is 17.0 Å². The van der Waals surface area contributed by atoms with Gasteiger partial charge in [0.2, 0.25) is 12.7 Å². The van der Waals surface area contributed by atoms with E-state index in [1.165, 1.54) is 23.4 Å². The molecule has 0 radical (unpaired) electrons. The monoisotopic (exact) mass is 436 g/mol. The van der Waals surface area contributed by atoms with Crippen LogP contribution in [0.1, 0.15) is 36.5 Å². The first-order chi connectivity index (χ1) is 15.0. The van der Waals surface area contributed by atoms with E-state index in [1.807, 2.05) is 31.2 Å². The average molecular weight is 436 g/mol. The predicted octanol–water partition coefficient (Wildman–Crippen LogP) is 5.30. The summed E-state index contributed by atoms with van der Waals surface area (Å²) in [6, 6.07) is 11.1. The van der Waals surface area contributed by atoms with Crippen LogP contribution in [0.3, 0.4) is 0 Å². The van der Waals surface area contributed by atoms with Crippen LogP contribution in [0.25, 0.3) is 22.4 Å². The van der Waals surface area contributed by atoms with Crippen LogP contribution in [-0.2, 0) is 5.75 Å². The lowest BCUT2D eigenvalue weighted by atomic mass is 9.95. The van der Waals surface area contributed by atoms with E-state index in [1.54, 1.807) is 0 Å². The summed E-state index contributed by atoms with van der Waals surface area (Å²) in [7, 11) is 0. The van der Waals surface area contributed by atoms with Crippen LogP contribution in [0, 0.1) is 6.92 Å². The molecule has 158 valence electrons. The Morgan fingerprint density at radius 2 is 1.87 bits per heavy atom. The molecule has 31 heavy (non-hydrogen) atoms. The van der Waals surface area contributed by atoms with Gasteiger partial charge in [0.05, 0.1) is 0 Å². The fourth-order valence-electron chi connectivity index (χ4n) is 3.69. The van der Waals surface area contributed by atoms with E-state index in [2.05, 4.69) is 30.1 Å². The minimum Gasteiger partial charge on any atom is -0.454 e. The highest BCUT2D eigenvalue weighted by Gasteiger charge is 2.17. The number of benzene rings is 2. The summed E-state index contributed by atoms with van der Waals surface area (Å²) in [6.07, 6.45) is 0. The van der Waals surface area contributed by atoms with Crippen molar-refractivity contribution in [3.8, 4) is 23.0 Å². The van der Waals surface area contributed by atoms with E-state index in [0.717, 1.165) is 22.1 Å². The van der Waals surface area contributed by atoms with Crippen molar-refractivity contribution in [3.63, 3.8) is 0 Å². The van der Waals surface area contributed by atoms with Gasteiger partial charge < -0.3 is 18.3 Å². The number of ether oxygens (including phenoxy) is 2. The molecule has 2 aromatic carbocycles. The Morgan fingerprint density at radius 3 is 2.71 bits per heavy atom. The summed E-state index contributed by atoms with van der Waals surface area (Å²) in [5.41, 5.74) is 4.20. The molecule has 3 heterocycles. The lowest BCUT2D eigenvalue weighted by Crippen LogP contribution is -2.02. The molecule has 0 atom stereocenters. The maximum Gasteiger partial charge on any atom is 0.336 e. The highest BCUT2D eigenvalue weighted by atomic mass is 32.2. The highest BCUT2D eigenvalue weighted by molar-refractivity contribution is 7.98. The summed E-state index contributed by atoms with van der Waals surface area (Å²) >= 11 is 1.38. The van der Waals surface area contributed by atoms with Crippen molar-refractivity contribution in [1.82, 2.24) is 10.2 Å². The third-order valence-electron chi connectivity index (χ3n) is 5.22. The number of fused-ring (bicyclic) bond motifs is 2. The molecular formula is C23H20N2O5S. The van der Waals surface area contributed by atoms with Crippen molar-refractivity contribution >= 4 is 22.7 Å². The molecule has 0 unspecified atom stereocenters. The maximum absolute atomic E-state index is 12.1. The van der Waals surface area contributed by atoms with Crippen LogP contribution in [0.4, 0.5) is 0 Å². The number of rotatable bonds is 5. The van der Waals surface area contributed by atoms with Gasteiger partial charge in [0.15, 0.2) is 11.5 Å².